The van der Waals surface area contributed by atoms with E-state index in [-0.39, 0.29) is 12.2 Å². The molecule has 0 atom stereocenters. The van der Waals surface area contributed by atoms with E-state index in [0.29, 0.717) is 34.0 Å². The van der Waals surface area contributed by atoms with E-state index in [4.69, 9.17) is 56.2 Å². The molecule has 2 heterocycles. The number of nitrogen functional groups attached to an aromatic ring is 3. The smallest absolute Gasteiger partial charge is 0.123 e. The van der Waals surface area contributed by atoms with Crippen molar-refractivity contribution in [1.29, 1.82) is 0 Å². The Kier molecular flexibility index (Phi) is 35.4. The molecule has 2 aliphatic carbocycles. The van der Waals surface area contributed by atoms with Gasteiger partial charge in [0.1, 0.15) is 16.2 Å². The van der Waals surface area contributed by atoms with Gasteiger partial charge in [-0.05, 0) is 162 Å². The first kappa shape index (κ1) is 63.4. The second-order valence-corrected chi connectivity index (χ2v) is 19.0. The van der Waals surface area contributed by atoms with Gasteiger partial charge in [0.05, 0.1) is 12.2 Å². The van der Waals surface area contributed by atoms with Gasteiger partial charge in [0.2, 0.25) is 0 Å². The van der Waals surface area contributed by atoms with Crippen LogP contribution in [0, 0.1) is 18.5 Å². The number of nitrogens with two attached hydrogens (primary N) is 5. The molecule has 2 fully saturated rings. The molecule has 0 bridgehead atoms. The second-order valence-electron chi connectivity index (χ2n) is 16.0. The maximum Gasteiger partial charge on any atom is 0.123 e. The molecule has 14 N–H and O–H groups in total. The number of thiol groups is 5. The maximum atomic E-state index is 8.97. The quantitative estimate of drug-likeness (QED) is 0.0391. The van der Waals surface area contributed by atoms with Crippen molar-refractivity contribution in [2.75, 3.05) is 17.2 Å². The first-order valence-electron chi connectivity index (χ1n) is 22.6. The third kappa shape index (κ3) is 37.3. The van der Waals surface area contributed by atoms with Crippen LogP contribution in [-0.2, 0) is 0 Å². The minimum absolute atomic E-state index is 0.0604. The summed E-state index contributed by atoms with van der Waals surface area (Å²) < 4.78 is 0.708. The molecule has 9 rings (SSSR count). The van der Waals surface area contributed by atoms with Crippen molar-refractivity contribution in [2.45, 2.75) is 114 Å². The molecule has 16 heteroatoms. The fourth-order valence-corrected chi connectivity index (χ4v) is 6.34. The Balaban J connectivity index is 0.000000394. The van der Waals surface area contributed by atoms with Crippen molar-refractivity contribution < 1.29 is 15.3 Å². The maximum absolute atomic E-state index is 8.97. The molecule has 10 nitrogen and oxygen atoms in total. The molecular weight excluding hydrogens is 987 g/mol. The van der Waals surface area contributed by atoms with Crippen molar-refractivity contribution in [1.82, 2.24) is 9.97 Å². The third-order valence-electron chi connectivity index (χ3n) is 9.54. The molecule has 0 amide bonds. The molecule has 0 unspecified atom stereocenters. The van der Waals surface area contributed by atoms with Crippen LogP contribution in [0.2, 0.25) is 0 Å². The average Bonchev–Trinajstić information content (AvgIpc) is 3.35. The zero-order chi connectivity index (χ0) is 52.1. The number of aliphatic hydroxyl groups excluding tert-OH is 2. The topological polar surface area (TPSA) is 219 Å². The number of phenolic OH excluding ortho intramolecular Hbond substituents is 1. The molecule has 70 heavy (non-hydrogen) atoms. The summed E-state index contributed by atoms with van der Waals surface area (Å²) in [6.07, 6.45) is 10.8. The van der Waals surface area contributed by atoms with E-state index in [2.05, 4.69) is 80.0 Å². The first-order valence-corrected chi connectivity index (χ1v) is 25.2. The van der Waals surface area contributed by atoms with Gasteiger partial charge in [-0.1, -0.05) is 84.0 Å². The summed E-state index contributed by atoms with van der Waals surface area (Å²) in [5.74, 6) is 0.860. The number of nitrogens with one attached hydrogen (secondary N) is 1. The molecule has 0 radical (unpaired) electrons. The number of rotatable bonds is 0. The predicted octanol–water partition coefficient (Wildman–Crippen LogP) is 12.3. The Hall–Kier alpha value is -4.59. The van der Waals surface area contributed by atoms with Crippen LogP contribution in [0.4, 0.5) is 17.2 Å². The van der Waals surface area contributed by atoms with E-state index in [9.17, 15) is 0 Å². The predicted molar refractivity (Wildman–Crippen MR) is 314 cm³/mol. The number of hydrogen-bond donors (Lipinski definition) is 14. The SMILES string of the molecule is Cc1ccc(O)cc1.Cc1ccc(S)cc1.NC1CCC(O)CC1.NC1CCC(O)CC1.Nc1ccc(=S)[nH]c1.Nc1ccc(S)cc1.Nc1ccc(S)cn1.Sc1ccccc1.Sc1ccccc1. The van der Waals surface area contributed by atoms with Crippen molar-refractivity contribution >= 4 is 92.6 Å². The van der Waals surface area contributed by atoms with Crippen molar-refractivity contribution in [2.24, 2.45) is 11.5 Å². The van der Waals surface area contributed by atoms with E-state index in [1.165, 1.54) is 11.1 Å². The van der Waals surface area contributed by atoms with Gasteiger partial charge in [0.25, 0.3) is 0 Å². The van der Waals surface area contributed by atoms with Gasteiger partial charge in [0, 0.05) is 60.3 Å². The molecule has 2 aliphatic rings. The average molecular weight is 1060 g/mol. The summed E-state index contributed by atoms with van der Waals surface area (Å²) in [7, 11) is 0. The molecule has 2 aromatic heterocycles. The monoisotopic (exact) mass is 1060 g/mol. The van der Waals surface area contributed by atoms with Crippen LogP contribution in [0.1, 0.15) is 62.5 Å². The zero-order valence-electron chi connectivity index (χ0n) is 40.0. The lowest BCUT2D eigenvalue weighted by Crippen LogP contribution is -2.28. The van der Waals surface area contributed by atoms with Crippen molar-refractivity contribution in [3.63, 3.8) is 0 Å². The highest BCUT2D eigenvalue weighted by Crippen LogP contribution is 2.17. The van der Waals surface area contributed by atoms with Crippen LogP contribution in [0.25, 0.3) is 0 Å². The Labute approximate surface area is 449 Å². The lowest BCUT2D eigenvalue weighted by Gasteiger charge is -2.21. The Bertz CT molecular complexity index is 2020. The number of aliphatic hydroxyl groups is 2. The largest absolute Gasteiger partial charge is 0.508 e. The Morgan fingerprint density at radius 3 is 1.09 bits per heavy atom. The molecule has 0 saturated heterocycles. The highest BCUT2D eigenvalue weighted by atomic mass is 32.1. The molecule has 2 saturated carbocycles. The number of aromatic nitrogens is 2. The summed E-state index contributed by atoms with van der Waals surface area (Å²) in [6, 6.07) is 49.8. The van der Waals surface area contributed by atoms with Gasteiger partial charge in [-0.15, -0.1) is 63.1 Å². The van der Waals surface area contributed by atoms with Crippen LogP contribution in [0.3, 0.4) is 0 Å². The van der Waals surface area contributed by atoms with E-state index in [1.54, 1.807) is 48.8 Å². The van der Waals surface area contributed by atoms with E-state index in [0.717, 1.165) is 81.5 Å². The normalized spacial score (nSPS) is 16.0. The number of anilines is 3. The number of aromatic hydroxyl groups is 1. The Morgan fingerprint density at radius 2 is 0.829 bits per heavy atom. The van der Waals surface area contributed by atoms with Gasteiger partial charge in [-0.25, -0.2) is 4.98 Å². The van der Waals surface area contributed by atoms with Crippen molar-refractivity contribution in [3.8, 4) is 5.75 Å². The fraction of sp³-hybridized carbons (Fsp3) is 0.259. The summed E-state index contributed by atoms with van der Waals surface area (Å²) in [5, 5.41) is 26.7. The molecule has 0 spiro atoms. The zero-order valence-corrected chi connectivity index (χ0v) is 45.2. The van der Waals surface area contributed by atoms with Gasteiger partial charge in [-0.2, -0.15) is 0 Å². The van der Waals surface area contributed by atoms with Crippen molar-refractivity contribution in [3.05, 3.63) is 186 Å². The number of phenols is 1. The number of nitrogens with zero attached hydrogens (tertiary/aromatic N) is 1. The van der Waals surface area contributed by atoms with E-state index < -0.39 is 0 Å². The number of pyridine rings is 2. The molecule has 0 aliphatic heterocycles. The molecule has 378 valence electrons. The molecule has 7 aromatic rings. The fourth-order valence-electron chi connectivity index (χ4n) is 5.44. The van der Waals surface area contributed by atoms with E-state index >= 15 is 0 Å². The van der Waals surface area contributed by atoms with Crippen LogP contribution in [0.15, 0.2) is 195 Å². The number of benzene rings is 5. The summed E-state index contributed by atoms with van der Waals surface area (Å²) in [5.41, 5.74) is 31.1. The number of H-pyrrole nitrogens is 1. The second kappa shape index (κ2) is 39.1. The van der Waals surface area contributed by atoms with Gasteiger partial charge < -0.3 is 49.0 Å². The lowest BCUT2D eigenvalue weighted by molar-refractivity contribution is 0.123. The third-order valence-corrected chi connectivity index (χ3v) is 11.2. The number of hydrogen-bond acceptors (Lipinski definition) is 15. The first-order chi connectivity index (χ1) is 33.3. The summed E-state index contributed by atoms with van der Waals surface area (Å²) in [4.78, 5) is 11.4. The van der Waals surface area contributed by atoms with Gasteiger partial charge in [0.15, 0.2) is 0 Å². The summed E-state index contributed by atoms with van der Waals surface area (Å²) >= 11 is 25.2. The molecular formula is C54H73N7O3S6. The van der Waals surface area contributed by atoms with E-state index in [1.807, 2.05) is 128 Å². The number of aromatic amines is 1. The highest BCUT2D eigenvalue weighted by molar-refractivity contribution is 7.81. The van der Waals surface area contributed by atoms with Gasteiger partial charge in [-0.3, -0.25) is 0 Å². The van der Waals surface area contributed by atoms with Crippen LogP contribution in [-0.4, -0.2) is 49.6 Å². The minimum atomic E-state index is -0.0604. The van der Waals surface area contributed by atoms with Crippen LogP contribution < -0.4 is 28.7 Å². The lowest BCUT2D eigenvalue weighted by atomic mass is 9.94. The summed E-state index contributed by atoms with van der Waals surface area (Å²) in [6.45, 7) is 4.05. The Morgan fingerprint density at radius 1 is 0.471 bits per heavy atom. The minimum Gasteiger partial charge on any atom is -0.508 e. The number of aryl methyl sites for hydroxylation is 2. The van der Waals surface area contributed by atoms with Crippen LogP contribution in [0.5, 0.6) is 5.75 Å². The standard InChI is InChI=1S/C7H8O.C7H8S.2C6H13NO.C6H7NS.2C6H6S.2C5H6N2S/c2*1-6-2-4-7(8)5-3-6;3*7-5-1-3-6(8)4-2-5;2*7-6-4-2-1-3-5-6;6-5-2-1-4(8)3-7-5;6-4-1-2-5(8)7-3-4/h2*2-5,8H,1H3;2*5-6,8H,1-4,7H2;1-4,8H,7H2;2*1-5,7H;1-3,8H,(H2,6,7);1-3H,6H2,(H,7,8). The van der Waals surface area contributed by atoms with Gasteiger partial charge >= 0.3 is 0 Å². The highest BCUT2D eigenvalue weighted by Gasteiger charge is 2.15. The van der Waals surface area contributed by atoms with Crippen LogP contribution >= 0.6 is 75.4 Å². The molecule has 5 aromatic carbocycles.